The maximum Gasteiger partial charge on any atom is 0.229 e. The molecule has 1 fully saturated rings. The first kappa shape index (κ1) is 24.1. The zero-order valence-corrected chi connectivity index (χ0v) is 20.2. The first-order valence-electron chi connectivity index (χ1n) is 11.7. The molecule has 2 atom stereocenters. The van der Waals surface area contributed by atoms with Crippen LogP contribution in [0.4, 0.5) is 11.4 Å². The predicted molar refractivity (Wildman–Crippen MR) is 135 cm³/mol. The van der Waals surface area contributed by atoms with Gasteiger partial charge in [0.2, 0.25) is 11.8 Å². The fraction of sp³-hybridized carbons (Fsp3) is 0.286. The van der Waals surface area contributed by atoms with E-state index in [1.165, 1.54) is 0 Å². The van der Waals surface area contributed by atoms with Crippen LogP contribution in [0.3, 0.4) is 0 Å². The Morgan fingerprint density at radius 3 is 2.03 bits per heavy atom. The van der Waals surface area contributed by atoms with Crippen molar-refractivity contribution in [2.24, 2.45) is 5.92 Å². The van der Waals surface area contributed by atoms with E-state index in [1.807, 2.05) is 79.7 Å². The number of hydrogen-bond donors (Lipinski definition) is 1. The number of ether oxygens (including phenoxy) is 3. The van der Waals surface area contributed by atoms with Gasteiger partial charge in [-0.2, -0.15) is 0 Å². The van der Waals surface area contributed by atoms with Crippen molar-refractivity contribution >= 4 is 23.2 Å². The Bertz CT molecular complexity index is 1140. The Labute approximate surface area is 205 Å². The van der Waals surface area contributed by atoms with Gasteiger partial charge >= 0.3 is 0 Å². The SMILES string of the molecule is CCOc1ccc(NC(=O)C2CCC(=O)N(c3ccc(OC)cc3)C2c2ccc(OC)cc2)cc1. The van der Waals surface area contributed by atoms with Gasteiger partial charge in [-0.25, -0.2) is 0 Å². The second-order valence-corrected chi connectivity index (χ2v) is 8.27. The molecule has 0 aliphatic carbocycles. The number of methoxy groups -OCH3 is 2. The van der Waals surface area contributed by atoms with Crippen LogP contribution in [-0.4, -0.2) is 32.6 Å². The van der Waals surface area contributed by atoms with E-state index in [0.717, 1.165) is 17.0 Å². The molecule has 1 saturated heterocycles. The van der Waals surface area contributed by atoms with Crippen molar-refractivity contribution in [1.29, 1.82) is 0 Å². The van der Waals surface area contributed by atoms with Gasteiger partial charge in [0, 0.05) is 17.8 Å². The first-order chi connectivity index (χ1) is 17.0. The molecule has 2 unspecified atom stereocenters. The van der Waals surface area contributed by atoms with Crippen LogP contribution in [0, 0.1) is 5.92 Å². The summed E-state index contributed by atoms with van der Waals surface area (Å²) in [5.41, 5.74) is 2.26. The number of carbonyl (C=O) groups excluding carboxylic acids is 2. The highest BCUT2D eigenvalue weighted by Crippen LogP contribution is 2.41. The summed E-state index contributed by atoms with van der Waals surface area (Å²) in [7, 11) is 3.21. The molecule has 1 aliphatic rings. The van der Waals surface area contributed by atoms with Gasteiger partial charge in [0.15, 0.2) is 0 Å². The summed E-state index contributed by atoms with van der Waals surface area (Å²) in [6.45, 7) is 2.50. The highest BCUT2D eigenvalue weighted by Gasteiger charge is 2.41. The molecule has 182 valence electrons. The van der Waals surface area contributed by atoms with Crippen molar-refractivity contribution in [2.75, 3.05) is 31.0 Å². The molecule has 0 saturated carbocycles. The summed E-state index contributed by atoms with van der Waals surface area (Å²) in [5, 5.41) is 3.03. The molecule has 4 rings (SSSR count). The second-order valence-electron chi connectivity index (χ2n) is 8.27. The van der Waals surface area contributed by atoms with Gasteiger partial charge in [-0.1, -0.05) is 12.1 Å². The van der Waals surface area contributed by atoms with Crippen LogP contribution in [0.2, 0.25) is 0 Å². The van der Waals surface area contributed by atoms with Gasteiger partial charge in [0.1, 0.15) is 17.2 Å². The van der Waals surface area contributed by atoms with E-state index in [0.29, 0.717) is 30.2 Å². The van der Waals surface area contributed by atoms with E-state index in [1.54, 1.807) is 19.1 Å². The lowest BCUT2D eigenvalue weighted by Gasteiger charge is -2.41. The van der Waals surface area contributed by atoms with Crippen molar-refractivity contribution in [2.45, 2.75) is 25.8 Å². The third-order valence-corrected chi connectivity index (χ3v) is 6.17. The molecule has 1 heterocycles. The number of nitrogens with one attached hydrogen (secondary N) is 1. The van der Waals surface area contributed by atoms with Gasteiger partial charge < -0.3 is 24.4 Å². The molecule has 0 radical (unpaired) electrons. The average molecular weight is 475 g/mol. The Kier molecular flexibility index (Phi) is 7.55. The molecule has 1 aliphatic heterocycles. The predicted octanol–water partition coefficient (Wildman–Crippen LogP) is 5.23. The largest absolute Gasteiger partial charge is 0.497 e. The molecule has 1 N–H and O–H groups in total. The molecular weight excluding hydrogens is 444 g/mol. The molecule has 3 aromatic rings. The maximum atomic E-state index is 13.5. The molecule has 3 aromatic carbocycles. The average Bonchev–Trinajstić information content (AvgIpc) is 2.90. The van der Waals surface area contributed by atoms with Gasteiger partial charge in [-0.15, -0.1) is 0 Å². The van der Waals surface area contributed by atoms with Crippen molar-refractivity contribution < 1.29 is 23.8 Å². The zero-order valence-electron chi connectivity index (χ0n) is 20.2. The fourth-order valence-electron chi connectivity index (χ4n) is 4.43. The number of piperidine rings is 1. The van der Waals surface area contributed by atoms with Crippen LogP contribution >= 0.6 is 0 Å². The molecular formula is C28H30N2O5. The first-order valence-corrected chi connectivity index (χ1v) is 11.7. The summed E-state index contributed by atoms with van der Waals surface area (Å²) in [6, 6.07) is 21.7. The minimum atomic E-state index is -0.474. The van der Waals surface area contributed by atoms with Crippen molar-refractivity contribution in [3.63, 3.8) is 0 Å². The van der Waals surface area contributed by atoms with Gasteiger partial charge in [-0.3, -0.25) is 9.59 Å². The smallest absolute Gasteiger partial charge is 0.229 e. The molecule has 0 aromatic heterocycles. The van der Waals surface area contributed by atoms with E-state index in [4.69, 9.17) is 14.2 Å². The van der Waals surface area contributed by atoms with Gasteiger partial charge in [-0.05, 0) is 79.6 Å². The zero-order chi connectivity index (χ0) is 24.8. The maximum absolute atomic E-state index is 13.5. The molecule has 2 amide bonds. The molecule has 0 spiro atoms. The quantitative estimate of drug-likeness (QED) is 0.484. The summed E-state index contributed by atoms with van der Waals surface area (Å²) >= 11 is 0. The lowest BCUT2D eigenvalue weighted by Crippen LogP contribution is -2.46. The number of amides is 2. The van der Waals surface area contributed by atoms with Crippen LogP contribution in [-0.2, 0) is 9.59 Å². The van der Waals surface area contributed by atoms with Crippen LogP contribution in [0.1, 0.15) is 31.4 Å². The Morgan fingerprint density at radius 1 is 0.886 bits per heavy atom. The summed E-state index contributed by atoms with van der Waals surface area (Å²) in [4.78, 5) is 28.5. The second kappa shape index (κ2) is 11.0. The van der Waals surface area contributed by atoms with E-state index in [-0.39, 0.29) is 18.2 Å². The van der Waals surface area contributed by atoms with E-state index < -0.39 is 12.0 Å². The number of nitrogens with zero attached hydrogens (tertiary/aromatic N) is 1. The molecule has 35 heavy (non-hydrogen) atoms. The fourth-order valence-corrected chi connectivity index (χ4v) is 4.43. The van der Waals surface area contributed by atoms with Crippen molar-refractivity contribution in [1.82, 2.24) is 0 Å². The monoisotopic (exact) mass is 474 g/mol. The van der Waals surface area contributed by atoms with E-state index in [9.17, 15) is 9.59 Å². The lowest BCUT2D eigenvalue weighted by molar-refractivity contribution is -0.125. The van der Waals surface area contributed by atoms with Crippen LogP contribution in [0.15, 0.2) is 72.8 Å². The molecule has 0 bridgehead atoms. The van der Waals surface area contributed by atoms with Crippen molar-refractivity contribution in [3.05, 3.63) is 78.4 Å². The number of anilines is 2. The normalized spacial score (nSPS) is 17.6. The van der Waals surface area contributed by atoms with Crippen LogP contribution in [0.5, 0.6) is 17.2 Å². The Morgan fingerprint density at radius 2 is 1.46 bits per heavy atom. The highest BCUT2D eigenvalue weighted by atomic mass is 16.5. The number of carbonyl (C=O) groups is 2. The summed E-state index contributed by atoms with van der Waals surface area (Å²) in [6.07, 6.45) is 0.727. The number of benzene rings is 3. The Balaban J connectivity index is 1.67. The van der Waals surface area contributed by atoms with Crippen LogP contribution < -0.4 is 24.4 Å². The topological polar surface area (TPSA) is 77.1 Å². The molecule has 7 nitrogen and oxygen atoms in total. The van der Waals surface area contributed by atoms with Crippen LogP contribution in [0.25, 0.3) is 0 Å². The van der Waals surface area contributed by atoms with Gasteiger partial charge in [0.05, 0.1) is 32.8 Å². The number of rotatable bonds is 8. The lowest BCUT2D eigenvalue weighted by atomic mass is 9.83. The summed E-state index contributed by atoms with van der Waals surface area (Å²) < 4.78 is 16.1. The number of hydrogen-bond acceptors (Lipinski definition) is 5. The van der Waals surface area contributed by atoms with Gasteiger partial charge in [0.25, 0.3) is 0 Å². The highest BCUT2D eigenvalue weighted by molar-refractivity contribution is 6.00. The third kappa shape index (κ3) is 5.40. The van der Waals surface area contributed by atoms with E-state index in [2.05, 4.69) is 5.32 Å². The minimum absolute atomic E-state index is 0.0268. The van der Waals surface area contributed by atoms with E-state index >= 15 is 0 Å². The Hall–Kier alpha value is -4.00. The summed E-state index contributed by atoms with van der Waals surface area (Å²) in [5.74, 6) is 1.54. The van der Waals surface area contributed by atoms with Crippen molar-refractivity contribution in [3.8, 4) is 17.2 Å². The molecule has 7 heteroatoms. The standard InChI is InChI=1S/C28H30N2O5/c1-4-35-24-13-7-20(8-14-24)29-28(32)25-17-18-26(31)30(21-9-15-23(34-3)16-10-21)27(25)19-5-11-22(33-2)12-6-19/h5-16,25,27H,4,17-18H2,1-3H3,(H,29,32). The minimum Gasteiger partial charge on any atom is -0.497 e. The third-order valence-electron chi connectivity index (χ3n) is 6.17.